The maximum atomic E-state index is 5.16. The van der Waals surface area contributed by atoms with E-state index in [1.807, 2.05) is 13.0 Å². The summed E-state index contributed by atoms with van der Waals surface area (Å²) in [6, 6.07) is 6.24. The Kier molecular flexibility index (Phi) is 4.92. The summed E-state index contributed by atoms with van der Waals surface area (Å²) >= 11 is 3.05. The van der Waals surface area contributed by atoms with E-state index in [1.54, 1.807) is 11.8 Å². The number of aromatic nitrogens is 4. The topological polar surface area (TPSA) is 76.7 Å². The number of nitrogens with zero attached hydrogens (tertiary/aromatic N) is 4. The second-order valence-corrected chi connectivity index (χ2v) is 7.24. The lowest BCUT2D eigenvalue weighted by molar-refractivity contribution is 0.385. The molecule has 120 valence electrons. The third-order valence-electron chi connectivity index (χ3n) is 3.31. The Bertz CT molecular complexity index is 799. The van der Waals surface area contributed by atoms with Crippen LogP contribution in [-0.2, 0) is 12.2 Å². The molecule has 0 saturated carbocycles. The molecule has 3 aromatic rings. The summed E-state index contributed by atoms with van der Waals surface area (Å²) < 4.78 is 6.03. The van der Waals surface area contributed by atoms with Gasteiger partial charge in [-0.25, -0.2) is 0 Å². The molecule has 1 aromatic carbocycles. The highest BCUT2D eigenvalue weighted by Crippen LogP contribution is 2.29. The first kappa shape index (κ1) is 15.9. The fourth-order valence-electron chi connectivity index (χ4n) is 1.88. The summed E-state index contributed by atoms with van der Waals surface area (Å²) in [6.07, 6.45) is 0.775. The van der Waals surface area contributed by atoms with Gasteiger partial charge in [0.2, 0.25) is 11.0 Å². The highest BCUT2D eigenvalue weighted by atomic mass is 32.2. The van der Waals surface area contributed by atoms with Gasteiger partial charge in [0.05, 0.1) is 5.75 Å². The number of nitrogens with one attached hydrogen (secondary N) is 1. The summed E-state index contributed by atoms with van der Waals surface area (Å²) in [6.45, 7) is 6.19. The van der Waals surface area contributed by atoms with Gasteiger partial charge in [0, 0.05) is 12.1 Å². The average Bonchev–Trinajstić information content (AvgIpc) is 3.18. The normalized spacial score (nSPS) is 10.9. The van der Waals surface area contributed by atoms with E-state index >= 15 is 0 Å². The van der Waals surface area contributed by atoms with E-state index in [0.717, 1.165) is 27.4 Å². The standard InChI is InChI=1S/C15H17N5OS2/c1-4-12-17-13(21-20-12)8-22-15-19-18-14(23-15)16-11-6-5-9(2)10(3)7-11/h5-7H,4,8H2,1-3H3,(H,16,18). The van der Waals surface area contributed by atoms with Gasteiger partial charge < -0.3 is 9.84 Å². The first-order valence-electron chi connectivity index (χ1n) is 7.26. The zero-order valence-electron chi connectivity index (χ0n) is 13.2. The zero-order valence-corrected chi connectivity index (χ0v) is 14.8. The van der Waals surface area contributed by atoms with Crippen molar-refractivity contribution in [2.75, 3.05) is 5.32 Å². The zero-order chi connectivity index (χ0) is 16.2. The molecule has 6 nitrogen and oxygen atoms in total. The molecule has 0 bridgehead atoms. The Morgan fingerprint density at radius 2 is 2.09 bits per heavy atom. The number of hydrogen-bond acceptors (Lipinski definition) is 8. The van der Waals surface area contributed by atoms with Crippen LogP contribution in [0.15, 0.2) is 27.1 Å². The monoisotopic (exact) mass is 347 g/mol. The number of benzene rings is 1. The third-order valence-corrected chi connectivity index (χ3v) is 5.27. The van der Waals surface area contributed by atoms with Crippen LogP contribution in [0.2, 0.25) is 0 Å². The molecule has 2 heterocycles. The van der Waals surface area contributed by atoms with Crippen LogP contribution in [0.25, 0.3) is 0 Å². The molecule has 0 radical (unpaired) electrons. The van der Waals surface area contributed by atoms with Crippen LogP contribution in [0.3, 0.4) is 0 Å². The molecule has 0 saturated heterocycles. The molecule has 0 spiro atoms. The molecular formula is C15H17N5OS2. The summed E-state index contributed by atoms with van der Waals surface area (Å²) in [4.78, 5) is 4.28. The van der Waals surface area contributed by atoms with E-state index in [-0.39, 0.29) is 0 Å². The minimum atomic E-state index is 0.602. The van der Waals surface area contributed by atoms with Crippen LogP contribution in [0.4, 0.5) is 10.8 Å². The Labute approximate surface area is 142 Å². The average molecular weight is 347 g/mol. The lowest BCUT2D eigenvalue weighted by Gasteiger charge is -2.05. The van der Waals surface area contributed by atoms with Crippen molar-refractivity contribution in [1.29, 1.82) is 0 Å². The van der Waals surface area contributed by atoms with E-state index in [4.69, 9.17) is 4.52 Å². The molecule has 0 aliphatic carbocycles. The first-order chi connectivity index (χ1) is 11.1. The van der Waals surface area contributed by atoms with Crippen LogP contribution < -0.4 is 5.32 Å². The molecule has 1 N–H and O–H groups in total. The quantitative estimate of drug-likeness (QED) is 0.672. The minimum Gasteiger partial charge on any atom is -0.338 e. The lowest BCUT2D eigenvalue weighted by Crippen LogP contribution is -1.91. The Balaban J connectivity index is 1.60. The molecule has 2 aromatic heterocycles. The highest BCUT2D eigenvalue weighted by Gasteiger charge is 2.09. The fourth-order valence-corrected chi connectivity index (χ4v) is 3.49. The number of hydrogen-bond donors (Lipinski definition) is 1. The van der Waals surface area contributed by atoms with Gasteiger partial charge in [-0.15, -0.1) is 10.2 Å². The van der Waals surface area contributed by atoms with Crippen LogP contribution in [0.5, 0.6) is 0 Å². The second kappa shape index (κ2) is 7.10. The van der Waals surface area contributed by atoms with Crippen molar-refractivity contribution >= 4 is 33.9 Å². The van der Waals surface area contributed by atoms with Gasteiger partial charge >= 0.3 is 0 Å². The predicted octanol–water partition coefficient (Wildman–Crippen LogP) is 4.14. The van der Waals surface area contributed by atoms with Crippen LogP contribution in [0, 0.1) is 13.8 Å². The van der Waals surface area contributed by atoms with Gasteiger partial charge in [-0.1, -0.05) is 41.2 Å². The first-order valence-corrected chi connectivity index (χ1v) is 9.06. The van der Waals surface area contributed by atoms with Gasteiger partial charge in [0.1, 0.15) is 0 Å². The fraction of sp³-hybridized carbons (Fsp3) is 0.333. The number of thioether (sulfide) groups is 1. The lowest BCUT2D eigenvalue weighted by atomic mass is 10.1. The number of anilines is 2. The van der Waals surface area contributed by atoms with Crippen molar-refractivity contribution in [3.8, 4) is 0 Å². The Morgan fingerprint density at radius 1 is 1.22 bits per heavy atom. The van der Waals surface area contributed by atoms with Crippen molar-refractivity contribution in [1.82, 2.24) is 20.3 Å². The van der Waals surface area contributed by atoms with E-state index in [2.05, 4.69) is 51.6 Å². The van der Waals surface area contributed by atoms with E-state index in [9.17, 15) is 0 Å². The van der Waals surface area contributed by atoms with Gasteiger partial charge in [0.15, 0.2) is 10.2 Å². The van der Waals surface area contributed by atoms with Crippen LogP contribution in [-0.4, -0.2) is 20.3 Å². The van der Waals surface area contributed by atoms with Crippen molar-refractivity contribution in [2.45, 2.75) is 37.3 Å². The molecule has 3 rings (SSSR count). The van der Waals surface area contributed by atoms with Crippen molar-refractivity contribution < 1.29 is 4.52 Å². The van der Waals surface area contributed by atoms with E-state index < -0.39 is 0 Å². The molecular weight excluding hydrogens is 330 g/mol. The molecule has 0 unspecified atom stereocenters. The smallest absolute Gasteiger partial charge is 0.237 e. The van der Waals surface area contributed by atoms with E-state index in [1.165, 1.54) is 22.5 Å². The Hall–Kier alpha value is -1.93. The van der Waals surface area contributed by atoms with Gasteiger partial charge in [-0.05, 0) is 37.1 Å². The molecule has 0 aliphatic rings. The molecule has 8 heteroatoms. The molecule has 0 amide bonds. The minimum absolute atomic E-state index is 0.602. The number of aryl methyl sites for hydroxylation is 3. The molecule has 0 aliphatic heterocycles. The second-order valence-electron chi connectivity index (χ2n) is 5.04. The molecule has 23 heavy (non-hydrogen) atoms. The van der Waals surface area contributed by atoms with Crippen LogP contribution >= 0.6 is 23.1 Å². The largest absolute Gasteiger partial charge is 0.338 e. The third kappa shape index (κ3) is 4.08. The SMILES string of the molecule is CCc1noc(CSc2nnc(Nc3ccc(C)c(C)c3)s2)n1. The number of rotatable bonds is 6. The predicted molar refractivity (Wildman–Crippen MR) is 92.3 cm³/mol. The molecule has 0 fully saturated rings. The Morgan fingerprint density at radius 3 is 2.83 bits per heavy atom. The molecule has 0 atom stereocenters. The maximum absolute atomic E-state index is 5.16. The van der Waals surface area contributed by atoms with Crippen molar-refractivity contribution in [2.24, 2.45) is 0 Å². The summed E-state index contributed by atoms with van der Waals surface area (Å²) in [5.74, 6) is 1.95. The van der Waals surface area contributed by atoms with Gasteiger partial charge in [-0.3, -0.25) is 0 Å². The summed E-state index contributed by atoms with van der Waals surface area (Å²) in [5.41, 5.74) is 3.54. The summed E-state index contributed by atoms with van der Waals surface area (Å²) in [7, 11) is 0. The maximum Gasteiger partial charge on any atom is 0.237 e. The van der Waals surface area contributed by atoms with Crippen LogP contribution in [0.1, 0.15) is 29.8 Å². The van der Waals surface area contributed by atoms with E-state index in [0.29, 0.717) is 11.6 Å². The van der Waals surface area contributed by atoms with Crippen molar-refractivity contribution in [3.05, 3.63) is 41.0 Å². The summed E-state index contributed by atoms with van der Waals surface area (Å²) in [5, 5.41) is 16.3. The van der Waals surface area contributed by atoms with Gasteiger partial charge in [0.25, 0.3) is 0 Å². The van der Waals surface area contributed by atoms with Crippen molar-refractivity contribution in [3.63, 3.8) is 0 Å². The van der Waals surface area contributed by atoms with Gasteiger partial charge in [-0.2, -0.15) is 4.98 Å². The highest BCUT2D eigenvalue weighted by molar-refractivity contribution is 8.00.